The van der Waals surface area contributed by atoms with E-state index in [4.69, 9.17) is 9.84 Å². The third-order valence-corrected chi connectivity index (χ3v) is 7.51. The maximum absolute atomic E-state index is 13.6. The van der Waals surface area contributed by atoms with Crippen molar-refractivity contribution in [2.24, 2.45) is 0 Å². The van der Waals surface area contributed by atoms with Crippen molar-refractivity contribution in [3.63, 3.8) is 0 Å². The van der Waals surface area contributed by atoms with E-state index in [9.17, 15) is 26.4 Å². The number of aliphatic carboxylic acids is 1. The normalized spacial score (nSPS) is 19.9. The first-order chi connectivity index (χ1) is 16.4. The topological polar surface area (TPSA) is 95.9 Å². The van der Waals surface area contributed by atoms with E-state index < -0.39 is 38.7 Å². The van der Waals surface area contributed by atoms with Gasteiger partial charge in [0.15, 0.2) is 0 Å². The van der Waals surface area contributed by atoms with E-state index in [2.05, 4.69) is 5.32 Å². The van der Waals surface area contributed by atoms with Gasteiger partial charge in [-0.05, 0) is 55.3 Å². The minimum absolute atomic E-state index is 0.0298. The van der Waals surface area contributed by atoms with E-state index in [0.29, 0.717) is 6.07 Å². The van der Waals surface area contributed by atoms with E-state index in [0.717, 1.165) is 33.8 Å². The maximum atomic E-state index is 13.6. The molecule has 7 nitrogen and oxygen atoms in total. The molecule has 2 N–H and O–H groups in total. The highest BCUT2D eigenvalue weighted by atomic mass is 32.2. The molecule has 0 saturated carbocycles. The first-order valence-corrected chi connectivity index (χ1v) is 12.2. The molecule has 0 bridgehead atoms. The molecular weight excluding hydrogens is 485 g/mol. The molecular formula is C24H23F3N2O5S. The van der Waals surface area contributed by atoms with Crippen LogP contribution in [0.2, 0.25) is 0 Å². The largest absolute Gasteiger partial charge is 0.486 e. The van der Waals surface area contributed by atoms with Crippen LogP contribution in [0.25, 0.3) is 0 Å². The molecule has 2 heterocycles. The van der Waals surface area contributed by atoms with Crippen LogP contribution in [0.3, 0.4) is 0 Å². The smallest absolute Gasteiger partial charge is 0.416 e. The fourth-order valence-corrected chi connectivity index (χ4v) is 5.54. The summed E-state index contributed by atoms with van der Waals surface area (Å²) in [4.78, 5) is 10.5. The quantitative estimate of drug-likeness (QED) is 0.591. The van der Waals surface area contributed by atoms with Crippen LogP contribution in [0.4, 0.5) is 18.9 Å². The first-order valence-electron chi connectivity index (χ1n) is 10.8. The molecule has 11 heteroatoms. The summed E-state index contributed by atoms with van der Waals surface area (Å²) in [6.45, 7) is 1.64. The first kappa shape index (κ1) is 24.6. The number of anilines is 1. The van der Waals surface area contributed by atoms with E-state index in [1.807, 2.05) is 25.2 Å². The van der Waals surface area contributed by atoms with E-state index in [1.54, 1.807) is 18.2 Å². The number of hydrogen-bond donors (Lipinski definition) is 2. The zero-order valence-electron chi connectivity index (χ0n) is 18.6. The van der Waals surface area contributed by atoms with Crippen molar-refractivity contribution in [2.75, 3.05) is 10.8 Å². The summed E-state index contributed by atoms with van der Waals surface area (Å²) in [5.41, 5.74) is 0.730. The predicted molar refractivity (Wildman–Crippen MR) is 122 cm³/mol. The Labute approximate surface area is 200 Å². The van der Waals surface area contributed by atoms with Gasteiger partial charge < -0.3 is 15.2 Å². The van der Waals surface area contributed by atoms with Gasteiger partial charge in [-0.2, -0.15) is 13.2 Å². The number of rotatable bonds is 6. The Hall–Kier alpha value is -3.47. The Morgan fingerprint density at radius 3 is 2.69 bits per heavy atom. The number of fused-ring (bicyclic) bond motifs is 1. The Balaban J connectivity index is 1.77. The molecule has 1 unspecified atom stereocenters. The van der Waals surface area contributed by atoms with E-state index in [1.165, 1.54) is 0 Å². The SMILES string of the molecule is CC1=CC=CC(c2ccc3c(c2)N(S(=O)(=O)c2cccc(C(F)(F)F)c2)C[C@H](CCC(=O)O)O3)N1. The highest BCUT2D eigenvalue weighted by Gasteiger charge is 2.37. The van der Waals surface area contributed by atoms with Gasteiger partial charge in [-0.1, -0.05) is 24.3 Å². The van der Waals surface area contributed by atoms with Gasteiger partial charge in [-0.15, -0.1) is 0 Å². The zero-order valence-corrected chi connectivity index (χ0v) is 19.4. The lowest BCUT2D eigenvalue weighted by Crippen LogP contribution is -2.44. The van der Waals surface area contributed by atoms with Gasteiger partial charge in [0, 0.05) is 12.1 Å². The molecule has 186 valence electrons. The average Bonchev–Trinajstić information content (AvgIpc) is 2.81. The number of dihydropyridines is 1. The van der Waals surface area contributed by atoms with Gasteiger partial charge in [0.1, 0.15) is 11.9 Å². The molecule has 35 heavy (non-hydrogen) atoms. The molecule has 0 aromatic heterocycles. The summed E-state index contributed by atoms with van der Waals surface area (Å²) in [5, 5.41) is 12.3. The second-order valence-corrected chi connectivity index (χ2v) is 10.2. The van der Waals surface area contributed by atoms with Gasteiger partial charge >= 0.3 is 12.1 Å². The molecule has 2 aliphatic heterocycles. The van der Waals surface area contributed by atoms with Crippen LogP contribution in [-0.2, 0) is 21.0 Å². The summed E-state index contributed by atoms with van der Waals surface area (Å²) >= 11 is 0. The lowest BCUT2D eigenvalue weighted by Gasteiger charge is -2.36. The number of ether oxygens (including phenoxy) is 1. The molecule has 0 fully saturated rings. The molecule has 0 amide bonds. The summed E-state index contributed by atoms with van der Waals surface area (Å²) in [7, 11) is -4.43. The van der Waals surface area contributed by atoms with Crippen LogP contribution in [0.5, 0.6) is 5.75 Å². The van der Waals surface area contributed by atoms with Crippen molar-refractivity contribution in [2.45, 2.75) is 43.0 Å². The summed E-state index contributed by atoms with van der Waals surface area (Å²) in [6.07, 6.45) is -0.0839. The number of nitrogens with zero attached hydrogens (tertiary/aromatic N) is 1. The van der Waals surface area contributed by atoms with Crippen molar-refractivity contribution >= 4 is 21.7 Å². The van der Waals surface area contributed by atoms with Crippen molar-refractivity contribution in [1.82, 2.24) is 5.32 Å². The second kappa shape index (κ2) is 9.29. The van der Waals surface area contributed by atoms with Crippen molar-refractivity contribution in [3.8, 4) is 5.75 Å². The number of benzene rings is 2. The van der Waals surface area contributed by atoms with E-state index >= 15 is 0 Å². The number of hydrogen-bond acceptors (Lipinski definition) is 5. The molecule has 4 rings (SSSR count). The third kappa shape index (κ3) is 5.29. The Morgan fingerprint density at radius 1 is 1.23 bits per heavy atom. The lowest BCUT2D eigenvalue weighted by molar-refractivity contribution is -0.138. The summed E-state index contributed by atoms with van der Waals surface area (Å²) in [6, 6.07) is 8.28. The predicted octanol–water partition coefficient (Wildman–Crippen LogP) is 4.63. The minimum Gasteiger partial charge on any atom is -0.486 e. The molecule has 0 spiro atoms. The van der Waals surface area contributed by atoms with Gasteiger partial charge in [0.2, 0.25) is 0 Å². The third-order valence-electron chi connectivity index (χ3n) is 5.74. The molecule has 0 radical (unpaired) electrons. The van der Waals surface area contributed by atoms with Crippen molar-refractivity contribution < 1.29 is 36.2 Å². The highest BCUT2D eigenvalue weighted by molar-refractivity contribution is 7.92. The number of carboxylic acids is 1. The van der Waals surface area contributed by atoms with Crippen LogP contribution in [0.1, 0.15) is 36.9 Å². The maximum Gasteiger partial charge on any atom is 0.416 e. The number of carboxylic acid groups (broad SMARTS) is 1. The number of halogens is 3. The summed E-state index contributed by atoms with van der Waals surface area (Å²) in [5.74, 6) is -0.862. The number of sulfonamides is 1. The van der Waals surface area contributed by atoms with Gasteiger partial charge in [0.05, 0.1) is 28.7 Å². The van der Waals surface area contributed by atoms with Crippen molar-refractivity contribution in [3.05, 3.63) is 77.5 Å². The minimum atomic E-state index is -4.71. The van der Waals surface area contributed by atoms with Crippen LogP contribution in [-0.4, -0.2) is 32.1 Å². The van der Waals surface area contributed by atoms with Crippen LogP contribution in [0, 0.1) is 0 Å². The van der Waals surface area contributed by atoms with E-state index in [-0.39, 0.29) is 36.9 Å². The van der Waals surface area contributed by atoms with Gasteiger partial charge in [0.25, 0.3) is 10.0 Å². The van der Waals surface area contributed by atoms with Crippen LogP contribution >= 0.6 is 0 Å². The molecule has 2 aromatic rings. The number of alkyl halides is 3. The fourth-order valence-electron chi connectivity index (χ4n) is 3.99. The molecule has 2 aliphatic rings. The number of nitrogens with one attached hydrogen (secondary N) is 1. The lowest BCUT2D eigenvalue weighted by atomic mass is 10.0. The Kier molecular flexibility index (Phi) is 6.54. The van der Waals surface area contributed by atoms with Gasteiger partial charge in [-0.3, -0.25) is 9.10 Å². The number of carbonyl (C=O) groups is 1. The average molecular weight is 509 g/mol. The zero-order chi connectivity index (χ0) is 25.4. The molecule has 2 atom stereocenters. The Morgan fingerprint density at radius 2 is 2.00 bits per heavy atom. The van der Waals surface area contributed by atoms with Gasteiger partial charge in [-0.25, -0.2) is 8.42 Å². The molecule has 0 aliphatic carbocycles. The molecule has 0 saturated heterocycles. The fraction of sp³-hybridized carbons (Fsp3) is 0.292. The Bertz CT molecular complexity index is 1300. The number of allylic oxidation sites excluding steroid dienone is 3. The highest BCUT2D eigenvalue weighted by Crippen LogP contribution is 2.40. The van der Waals surface area contributed by atoms with Crippen LogP contribution < -0.4 is 14.4 Å². The van der Waals surface area contributed by atoms with Crippen molar-refractivity contribution in [1.29, 1.82) is 0 Å². The second-order valence-electron chi connectivity index (χ2n) is 8.32. The summed E-state index contributed by atoms with van der Waals surface area (Å²) < 4.78 is 73.9. The standard InChI is InChI=1S/C24H23F3N2O5S/c1-15-4-2-7-20(28-15)16-8-10-22-21(12-16)29(14-18(34-22)9-11-23(30)31)35(32,33)19-6-3-5-17(13-19)24(25,26)27/h2-8,10,12-13,18,20,28H,9,11,14H2,1H3,(H,30,31)/t18-,20?/m0/s1. The molecule has 2 aromatic carbocycles. The van der Waals surface area contributed by atoms with Crippen LogP contribution in [0.15, 0.2) is 71.3 Å². The monoisotopic (exact) mass is 508 g/mol.